The summed E-state index contributed by atoms with van der Waals surface area (Å²) in [5.41, 5.74) is -2.26. The predicted octanol–water partition coefficient (Wildman–Crippen LogP) is 2.48. The van der Waals surface area contributed by atoms with Crippen molar-refractivity contribution in [1.82, 2.24) is 0 Å². The second kappa shape index (κ2) is 8.84. The van der Waals surface area contributed by atoms with E-state index in [1.54, 1.807) is 62.3 Å². The predicted molar refractivity (Wildman–Crippen MR) is 96.2 cm³/mol. The van der Waals surface area contributed by atoms with Crippen LogP contribution in [0, 0.1) is 16.2 Å². The highest BCUT2D eigenvalue weighted by atomic mass is 16.6. The number of hydrogen-bond acceptors (Lipinski definition) is 7. The molecule has 0 aliphatic rings. The van der Waals surface area contributed by atoms with Gasteiger partial charge in [0.2, 0.25) is 0 Å². The second-order valence-electron chi connectivity index (χ2n) is 9.46. The van der Waals surface area contributed by atoms with Crippen molar-refractivity contribution >= 4 is 17.9 Å². The van der Waals surface area contributed by atoms with E-state index in [0.29, 0.717) is 0 Å². The van der Waals surface area contributed by atoms with Crippen LogP contribution in [0.15, 0.2) is 0 Å². The fraction of sp³-hybridized carbons (Fsp3) is 0.842. The standard InChI is InChI=1S/C19H34O7/c1-17(2,3)14(21)24-10-12(20)13(26-16(23)19(7,8)9)11-25-15(22)18(4,5)6/h12-13,20H,10-11H2,1-9H3/t12-,13+/m1/s1. The van der Waals surface area contributed by atoms with Gasteiger partial charge in [0.25, 0.3) is 0 Å². The molecule has 26 heavy (non-hydrogen) atoms. The molecule has 0 saturated carbocycles. The lowest BCUT2D eigenvalue weighted by molar-refractivity contribution is -0.180. The monoisotopic (exact) mass is 374 g/mol. The molecule has 0 rings (SSSR count). The van der Waals surface area contributed by atoms with Crippen LogP contribution < -0.4 is 0 Å². The van der Waals surface area contributed by atoms with Gasteiger partial charge in [0, 0.05) is 0 Å². The van der Waals surface area contributed by atoms with E-state index < -0.39 is 46.4 Å². The van der Waals surface area contributed by atoms with E-state index in [0.717, 1.165) is 0 Å². The lowest BCUT2D eigenvalue weighted by atomic mass is 9.97. The summed E-state index contributed by atoms with van der Waals surface area (Å²) in [5.74, 6) is -1.55. The zero-order chi connectivity index (χ0) is 20.9. The van der Waals surface area contributed by atoms with Crippen LogP contribution in [0.4, 0.5) is 0 Å². The summed E-state index contributed by atoms with van der Waals surface area (Å²) in [6, 6.07) is 0. The summed E-state index contributed by atoms with van der Waals surface area (Å²) in [6.07, 6.45) is -2.46. The van der Waals surface area contributed by atoms with E-state index in [1.807, 2.05) is 0 Å². The molecule has 0 aromatic heterocycles. The molecule has 1 N–H and O–H groups in total. The molecule has 0 aliphatic carbocycles. The Bertz CT molecular complexity index is 503. The van der Waals surface area contributed by atoms with E-state index >= 15 is 0 Å². The van der Waals surface area contributed by atoms with Gasteiger partial charge in [-0.1, -0.05) is 0 Å². The van der Waals surface area contributed by atoms with Gasteiger partial charge in [0.15, 0.2) is 6.10 Å². The molecule has 2 atom stereocenters. The lowest BCUT2D eigenvalue weighted by Crippen LogP contribution is -2.43. The first-order valence-electron chi connectivity index (χ1n) is 8.70. The molecule has 0 saturated heterocycles. The van der Waals surface area contributed by atoms with Crippen LogP contribution in [-0.2, 0) is 28.6 Å². The Hall–Kier alpha value is -1.63. The highest BCUT2D eigenvalue weighted by molar-refractivity contribution is 5.76. The van der Waals surface area contributed by atoms with Crippen molar-refractivity contribution in [3.63, 3.8) is 0 Å². The normalized spacial score (nSPS) is 15.0. The summed E-state index contributed by atoms with van der Waals surface area (Å²) >= 11 is 0. The minimum atomic E-state index is -1.32. The average Bonchev–Trinajstić information content (AvgIpc) is 2.44. The quantitative estimate of drug-likeness (QED) is 0.563. The van der Waals surface area contributed by atoms with E-state index in [9.17, 15) is 19.5 Å². The summed E-state index contributed by atoms with van der Waals surface area (Å²) in [6.45, 7) is 14.4. The van der Waals surface area contributed by atoms with Crippen LogP contribution in [0.2, 0.25) is 0 Å². The van der Waals surface area contributed by atoms with Gasteiger partial charge < -0.3 is 19.3 Å². The molecule has 0 bridgehead atoms. The zero-order valence-electron chi connectivity index (χ0n) is 17.5. The van der Waals surface area contributed by atoms with Gasteiger partial charge in [0.05, 0.1) is 16.2 Å². The van der Waals surface area contributed by atoms with Gasteiger partial charge in [-0.3, -0.25) is 14.4 Å². The molecule has 0 heterocycles. The molecule has 0 aromatic carbocycles. The zero-order valence-corrected chi connectivity index (χ0v) is 17.5. The number of hydrogen-bond donors (Lipinski definition) is 1. The third-order valence-corrected chi connectivity index (χ3v) is 3.29. The highest BCUT2D eigenvalue weighted by Crippen LogP contribution is 2.20. The van der Waals surface area contributed by atoms with E-state index in [1.165, 1.54) is 0 Å². The summed E-state index contributed by atoms with van der Waals surface area (Å²) < 4.78 is 15.5. The first-order valence-corrected chi connectivity index (χ1v) is 8.70. The molecule has 152 valence electrons. The Morgan fingerprint density at radius 2 is 1.04 bits per heavy atom. The second-order valence-corrected chi connectivity index (χ2v) is 9.46. The van der Waals surface area contributed by atoms with E-state index in [-0.39, 0.29) is 13.2 Å². The topological polar surface area (TPSA) is 99.1 Å². The molecule has 0 amide bonds. The molecule has 7 nitrogen and oxygen atoms in total. The fourth-order valence-electron chi connectivity index (χ4n) is 1.40. The molecule has 0 aliphatic heterocycles. The van der Waals surface area contributed by atoms with Crippen molar-refractivity contribution in [2.24, 2.45) is 16.2 Å². The minimum absolute atomic E-state index is 0.327. The van der Waals surface area contributed by atoms with Crippen LogP contribution in [0.3, 0.4) is 0 Å². The third kappa shape index (κ3) is 8.65. The number of ether oxygens (including phenoxy) is 3. The average molecular weight is 374 g/mol. The largest absolute Gasteiger partial charge is 0.462 e. The van der Waals surface area contributed by atoms with E-state index in [4.69, 9.17) is 14.2 Å². The molecular formula is C19H34O7. The summed E-state index contributed by atoms with van der Waals surface area (Å²) in [7, 11) is 0. The van der Waals surface area contributed by atoms with Crippen LogP contribution in [-0.4, -0.2) is 48.4 Å². The van der Waals surface area contributed by atoms with Crippen molar-refractivity contribution in [1.29, 1.82) is 0 Å². The lowest BCUT2D eigenvalue weighted by Gasteiger charge is -2.28. The number of rotatable bonds is 6. The first-order chi connectivity index (χ1) is 11.5. The Balaban J connectivity index is 5.04. The number of aliphatic hydroxyl groups is 1. The molecule has 7 heteroatoms. The maximum Gasteiger partial charge on any atom is 0.311 e. The highest BCUT2D eigenvalue weighted by Gasteiger charge is 2.34. The van der Waals surface area contributed by atoms with Crippen LogP contribution >= 0.6 is 0 Å². The van der Waals surface area contributed by atoms with Crippen LogP contribution in [0.25, 0.3) is 0 Å². The van der Waals surface area contributed by atoms with Crippen molar-refractivity contribution in [2.45, 2.75) is 74.5 Å². The van der Waals surface area contributed by atoms with Gasteiger partial charge in [0.1, 0.15) is 19.3 Å². The van der Waals surface area contributed by atoms with Gasteiger partial charge in [-0.2, -0.15) is 0 Å². The van der Waals surface area contributed by atoms with Crippen LogP contribution in [0.1, 0.15) is 62.3 Å². The molecule has 0 unspecified atom stereocenters. The minimum Gasteiger partial charge on any atom is -0.462 e. The van der Waals surface area contributed by atoms with Gasteiger partial charge >= 0.3 is 17.9 Å². The maximum absolute atomic E-state index is 12.1. The molecule has 0 aromatic rings. The number of aliphatic hydroxyl groups excluding tert-OH is 1. The SMILES string of the molecule is CC(C)(C)C(=O)OC[C@@H](O)[C@H](COC(=O)C(C)(C)C)OC(=O)C(C)(C)C. The number of esters is 3. The fourth-order valence-corrected chi connectivity index (χ4v) is 1.40. The number of carbonyl (C=O) groups excluding carboxylic acids is 3. The smallest absolute Gasteiger partial charge is 0.311 e. The Labute approximate surface area is 156 Å². The summed E-state index contributed by atoms with van der Waals surface area (Å²) in [5, 5.41) is 10.3. The Morgan fingerprint density at radius 3 is 1.38 bits per heavy atom. The Morgan fingerprint density at radius 1 is 0.692 bits per heavy atom. The van der Waals surface area contributed by atoms with Crippen LogP contribution in [0.5, 0.6) is 0 Å². The molecular weight excluding hydrogens is 340 g/mol. The van der Waals surface area contributed by atoms with Gasteiger partial charge in [-0.05, 0) is 62.3 Å². The molecule has 0 radical (unpaired) electrons. The maximum atomic E-state index is 12.1. The van der Waals surface area contributed by atoms with E-state index in [2.05, 4.69) is 0 Å². The Kier molecular flexibility index (Phi) is 8.29. The number of carbonyl (C=O) groups is 3. The van der Waals surface area contributed by atoms with Gasteiger partial charge in [-0.15, -0.1) is 0 Å². The van der Waals surface area contributed by atoms with Crippen molar-refractivity contribution < 1.29 is 33.7 Å². The first kappa shape index (κ1) is 24.4. The third-order valence-electron chi connectivity index (χ3n) is 3.29. The summed E-state index contributed by atoms with van der Waals surface area (Å²) in [4.78, 5) is 35.9. The molecule has 0 spiro atoms. The van der Waals surface area contributed by atoms with Crippen molar-refractivity contribution in [3.8, 4) is 0 Å². The van der Waals surface area contributed by atoms with Crippen molar-refractivity contribution in [2.75, 3.05) is 13.2 Å². The van der Waals surface area contributed by atoms with Crippen molar-refractivity contribution in [3.05, 3.63) is 0 Å². The van der Waals surface area contributed by atoms with Gasteiger partial charge in [-0.25, -0.2) is 0 Å². The molecule has 0 fully saturated rings.